The molecular weight excluding hydrogens is 336 g/mol. The Labute approximate surface area is 172 Å². The Morgan fingerprint density at radius 3 is 2.00 bits per heavy atom. The Hall–Kier alpha value is -2.00. The molecule has 28 heavy (non-hydrogen) atoms. The minimum atomic E-state index is 0.569. The summed E-state index contributed by atoms with van der Waals surface area (Å²) in [5.41, 5.74) is 5.63. The Morgan fingerprint density at radius 2 is 1.36 bits per heavy atom. The lowest BCUT2D eigenvalue weighted by Gasteiger charge is -2.26. The van der Waals surface area contributed by atoms with Gasteiger partial charge in [0, 0.05) is 11.5 Å². The van der Waals surface area contributed by atoms with E-state index in [9.17, 15) is 0 Å². The summed E-state index contributed by atoms with van der Waals surface area (Å²) < 4.78 is 0. The first-order chi connectivity index (χ1) is 13.8. The molecule has 2 aromatic rings. The Morgan fingerprint density at radius 1 is 0.714 bits per heavy atom. The molecule has 0 saturated heterocycles. The molecule has 1 fully saturated rings. The van der Waals surface area contributed by atoms with Crippen LogP contribution in [-0.4, -0.2) is 0 Å². The van der Waals surface area contributed by atoms with Crippen LogP contribution < -0.4 is 0 Å². The topological polar surface area (TPSA) is 0 Å². The van der Waals surface area contributed by atoms with E-state index in [1.807, 2.05) is 0 Å². The van der Waals surface area contributed by atoms with Crippen molar-refractivity contribution in [2.75, 3.05) is 0 Å². The zero-order valence-corrected chi connectivity index (χ0v) is 17.8. The molecule has 0 aromatic heterocycles. The fraction of sp³-hybridized carbons (Fsp3) is 0.500. The van der Waals surface area contributed by atoms with Gasteiger partial charge in [-0.1, -0.05) is 81.3 Å². The summed E-state index contributed by atoms with van der Waals surface area (Å²) in [5.74, 6) is 8.29. The maximum absolute atomic E-state index is 3.56. The number of rotatable bonds is 7. The van der Waals surface area contributed by atoms with Crippen molar-refractivity contribution in [1.29, 1.82) is 0 Å². The molecule has 0 amide bonds. The van der Waals surface area contributed by atoms with Crippen LogP contribution in [0.25, 0.3) is 0 Å². The highest BCUT2D eigenvalue weighted by molar-refractivity contribution is 5.37. The molecule has 0 atom stereocenters. The quantitative estimate of drug-likeness (QED) is 0.345. The third-order valence-electron chi connectivity index (χ3n) is 6.16. The van der Waals surface area contributed by atoms with Crippen molar-refractivity contribution in [3.05, 3.63) is 70.8 Å². The highest BCUT2D eigenvalue weighted by Crippen LogP contribution is 2.35. The van der Waals surface area contributed by atoms with E-state index < -0.39 is 0 Å². The van der Waals surface area contributed by atoms with Gasteiger partial charge in [0.15, 0.2) is 0 Å². The summed E-state index contributed by atoms with van der Waals surface area (Å²) in [5, 5.41) is 0. The summed E-state index contributed by atoms with van der Waals surface area (Å²) in [4.78, 5) is 0. The average Bonchev–Trinajstić information content (AvgIpc) is 2.75. The molecule has 1 aliphatic carbocycles. The van der Waals surface area contributed by atoms with Crippen LogP contribution in [-0.2, 0) is 12.8 Å². The number of unbranched alkanes of at least 4 members (excludes halogenated alkanes) is 2. The van der Waals surface area contributed by atoms with Crippen LogP contribution in [0.3, 0.4) is 0 Å². The van der Waals surface area contributed by atoms with Crippen LogP contribution >= 0.6 is 0 Å². The summed E-state index contributed by atoms with van der Waals surface area (Å²) in [6, 6.07) is 18.3. The molecule has 3 rings (SSSR count). The van der Waals surface area contributed by atoms with Crippen molar-refractivity contribution >= 4 is 0 Å². The molecule has 0 nitrogen and oxygen atoms in total. The molecule has 0 unspecified atom stereocenters. The molecule has 0 bridgehead atoms. The fourth-order valence-corrected chi connectivity index (χ4v) is 4.34. The van der Waals surface area contributed by atoms with Crippen molar-refractivity contribution in [2.45, 2.75) is 84.0 Å². The first-order valence-corrected chi connectivity index (χ1v) is 11.5. The fourth-order valence-electron chi connectivity index (χ4n) is 4.34. The maximum Gasteiger partial charge on any atom is 0.0245 e. The molecule has 0 heterocycles. The summed E-state index contributed by atoms with van der Waals surface area (Å²) in [6.07, 6.45) is 12.6. The molecule has 148 valence electrons. The molecule has 1 aliphatic rings. The first-order valence-electron chi connectivity index (χ1n) is 11.5. The second-order valence-electron chi connectivity index (χ2n) is 8.46. The van der Waals surface area contributed by atoms with Crippen LogP contribution in [0.15, 0.2) is 48.5 Å². The lowest BCUT2D eigenvalue weighted by molar-refractivity contribution is 0.384. The van der Waals surface area contributed by atoms with Gasteiger partial charge >= 0.3 is 0 Å². The van der Waals surface area contributed by atoms with Gasteiger partial charge < -0.3 is 0 Å². The van der Waals surface area contributed by atoms with Gasteiger partial charge in [-0.25, -0.2) is 0 Å². The lowest BCUT2D eigenvalue weighted by Crippen LogP contribution is -2.12. The normalized spacial score (nSPS) is 19.1. The number of benzene rings is 2. The molecule has 2 aromatic carbocycles. The van der Waals surface area contributed by atoms with Crippen molar-refractivity contribution in [1.82, 2.24) is 0 Å². The highest BCUT2D eigenvalue weighted by Gasteiger charge is 2.21. The van der Waals surface area contributed by atoms with Crippen molar-refractivity contribution < 1.29 is 0 Å². The minimum Gasteiger partial charge on any atom is -0.0945 e. The van der Waals surface area contributed by atoms with Gasteiger partial charge in [0.1, 0.15) is 0 Å². The van der Waals surface area contributed by atoms with E-state index in [1.165, 1.54) is 86.5 Å². The summed E-state index contributed by atoms with van der Waals surface area (Å²) >= 11 is 0. The highest BCUT2D eigenvalue weighted by atomic mass is 14.2. The Balaban J connectivity index is 1.48. The molecule has 0 heteroatoms. The van der Waals surface area contributed by atoms with Crippen LogP contribution in [0.1, 0.15) is 93.4 Å². The van der Waals surface area contributed by atoms with E-state index in [2.05, 4.69) is 74.2 Å². The van der Waals surface area contributed by atoms with E-state index in [1.54, 1.807) is 0 Å². The Bertz CT molecular complexity index is 746. The predicted octanol–water partition coefficient (Wildman–Crippen LogP) is 7.70. The van der Waals surface area contributed by atoms with Gasteiger partial charge in [0.2, 0.25) is 0 Å². The molecule has 0 radical (unpaired) electrons. The smallest absolute Gasteiger partial charge is 0.0245 e. The monoisotopic (exact) mass is 372 g/mol. The van der Waals surface area contributed by atoms with E-state index in [-0.39, 0.29) is 0 Å². The minimum absolute atomic E-state index is 0.569. The maximum atomic E-state index is 3.56. The molecule has 0 aliphatic heterocycles. The molecule has 1 saturated carbocycles. The number of aryl methyl sites for hydroxylation is 2. The van der Waals surface area contributed by atoms with E-state index in [0.717, 1.165) is 5.92 Å². The summed E-state index contributed by atoms with van der Waals surface area (Å²) in [7, 11) is 0. The van der Waals surface area contributed by atoms with Crippen LogP contribution in [0.4, 0.5) is 0 Å². The van der Waals surface area contributed by atoms with Crippen molar-refractivity contribution in [2.24, 2.45) is 5.92 Å². The van der Waals surface area contributed by atoms with Crippen LogP contribution in [0.2, 0.25) is 0 Å². The van der Waals surface area contributed by atoms with Gasteiger partial charge in [-0.05, 0) is 79.7 Å². The average molecular weight is 373 g/mol. The van der Waals surface area contributed by atoms with Crippen LogP contribution in [0.5, 0.6) is 0 Å². The van der Waals surface area contributed by atoms with Crippen molar-refractivity contribution in [3.63, 3.8) is 0 Å². The molecular formula is C28H36. The van der Waals surface area contributed by atoms with E-state index in [0.29, 0.717) is 5.92 Å². The van der Waals surface area contributed by atoms with Gasteiger partial charge in [-0.15, -0.1) is 0 Å². The number of hydrogen-bond acceptors (Lipinski definition) is 0. The Kier molecular flexibility index (Phi) is 8.23. The van der Waals surface area contributed by atoms with E-state index >= 15 is 0 Å². The van der Waals surface area contributed by atoms with Gasteiger partial charge in [-0.3, -0.25) is 0 Å². The third-order valence-corrected chi connectivity index (χ3v) is 6.16. The van der Waals surface area contributed by atoms with Gasteiger partial charge in [-0.2, -0.15) is 0 Å². The third kappa shape index (κ3) is 6.27. The second-order valence-corrected chi connectivity index (χ2v) is 8.46. The summed E-state index contributed by atoms with van der Waals surface area (Å²) in [6.45, 7) is 4.51. The standard InChI is InChI=1S/C28H36/c1-3-5-6-8-24-9-11-25(12-10-24)13-14-26-17-21-28(22-18-26)27-19-15-23(7-4-2)16-20-27/h9-12,15-16,19-20,26,28H,3-8,17-18,21-22H2,1-2H3. The van der Waals surface area contributed by atoms with E-state index in [4.69, 9.17) is 0 Å². The SMILES string of the molecule is CCCCCc1ccc(C#CC2CCC(c3ccc(CCC)cc3)CC2)cc1. The van der Waals surface area contributed by atoms with Gasteiger partial charge in [0.25, 0.3) is 0 Å². The first kappa shape index (κ1) is 20.7. The second kappa shape index (κ2) is 11.1. The molecule has 0 N–H and O–H groups in total. The molecule has 0 spiro atoms. The lowest BCUT2D eigenvalue weighted by atomic mass is 9.78. The zero-order valence-electron chi connectivity index (χ0n) is 17.8. The van der Waals surface area contributed by atoms with Crippen molar-refractivity contribution in [3.8, 4) is 11.8 Å². The number of hydrogen-bond donors (Lipinski definition) is 0. The largest absolute Gasteiger partial charge is 0.0945 e. The van der Waals surface area contributed by atoms with Gasteiger partial charge in [0.05, 0.1) is 0 Å². The zero-order chi connectivity index (χ0) is 19.6. The van der Waals surface area contributed by atoms with Crippen LogP contribution in [0, 0.1) is 17.8 Å². The predicted molar refractivity (Wildman–Crippen MR) is 122 cm³/mol.